The molecule has 2 aromatic carbocycles. The summed E-state index contributed by atoms with van der Waals surface area (Å²) in [5.74, 6) is 0.575. The lowest BCUT2D eigenvalue weighted by atomic mass is 10.1. The fourth-order valence-corrected chi connectivity index (χ4v) is 2.16. The lowest BCUT2D eigenvalue weighted by Gasteiger charge is -1.99. The quantitative estimate of drug-likeness (QED) is 0.737. The molecule has 0 amide bonds. The second kappa shape index (κ2) is 7.17. The summed E-state index contributed by atoms with van der Waals surface area (Å²) in [6, 6.07) is 19.7. The number of hydrogen-bond donors (Lipinski definition) is 1. The smallest absolute Gasteiger partial charge is 0.244 e. The molecule has 0 unspecified atom stereocenters. The minimum atomic E-state index is -0.347. The van der Waals surface area contributed by atoms with Crippen LogP contribution in [0, 0.1) is 0 Å². The molecular weight excluding hydrogens is 288 g/mol. The Morgan fingerprint density at radius 3 is 2.48 bits per heavy atom. The zero-order valence-electron chi connectivity index (χ0n) is 12.5. The molecule has 0 bridgehead atoms. The van der Waals surface area contributed by atoms with Gasteiger partial charge >= 0.3 is 5.69 Å². The average Bonchev–Trinajstić information content (AvgIpc) is 2.94. The Hall–Kier alpha value is -3.21. The van der Waals surface area contributed by atoms with Crippen LogP contribution in [0.1, 0.15) is 17.0 Å². The van der Waals surface area contributed by atoms with E-state index in [2.05, 4.69) is 15.3 Å². The molecule has 0 aliphatic carbocycles. The summed E-state index contributed by atoms with van der Waals surface area (Å²) in [5, 5.41) is 10.6. The zero-order chi connectivity index (χ0) is 15.9. The number of nitrogens with zero attached hydrogens (tertiary/aromatic N) is 3. The fourth-order valence-electron chi connectivity index (χ4n) is 2.16. The maximum absolute atomic E-state index is 11.8. The van der Waals surface area contributed by atoms with Crippen molar-refractivity contribution < 1.29 is 0 Å². The molecule has 0 aliphatic rings. The molecule has 23 heavy (non-hydrogen) atoms. The number of benzene rings is 2. The van der Waals surface area contributed by atoms with Crippen molar-refractivity contribution in [1.82, 2.24) is 14.9 Å². The molecule has 5 nitrogen and oxygen atoms in total. The van der Waals surface area contributed by atoms with Gasteiger partial charge in [-0.3, -0.25) is 0 Å². The Morgan fingerprint density at radius 2 is 1.74 bits per heavy atom. The molecule has 0 spiro atoms. The van der Waals surface area contributed by atoms with Crippen LogP contribution < -0.4 is 5.69 Å². The van der Waals surface area contributed by atoms with Crippen molar-refractivity contribution in [2.75, 3.05) is 0 Å². The summed E-state index contributed by atoms with van der Waals surface area (Å²) in [6.07, 6.45) is 5.84. The molecule has 1 N–H and O–H groups in total. The summed E-state index contributed by atoms with van der Waals surface area (Å²) >= 11 is 0. The van der Waals surface area contributed by atoms with Crippen molar-refractivity contribution in [3.05, 3.63) is 94.2 Å². The van der Waals surface area contributed by atoms with Gasteiger partial charge in [-0.05, 0) is 17.2 Å². The van der Waals surface area contributed by atoms with E-state index in [4.69, 9.17) is 0 Å². The van der Waals surface area contributed by atoms with Crippen molar-refractivity contribution in [3.8, 4) is 0 Å². The largest absolute Gasteiger partial charge is 0.364 e. The van der Waals surface area contributed by atoms with Crippen LogP contribution in [-0.2, 0) is 6.42 Å². The topological polar surface area (TPSA) is 63.0 Å². The third-order valence-electron chi connectivity index (χ3n) is 3.28. The highest BCUT2D eigenvalue weighted by Crippen LogP contribution is 2.05. The van der Waals surface area contributed by atoms with Gasteiger partial charge in [-0.2, -0.15) is 14.9 Å². The highest BCUT2D eigenvalue weighted by atomic mass is 16.2. The number of nitrogens with one attached hydrogen (secondary N) is 1. The van der Waals surface area contributed by atoms with E-state index in [-0.39, 0.29) is 5.69 Å². The summed E-state index contributed by atoms with van der Waals surface area (Å²) in [6.45, 7) is 0. The van der Waals surface area contributed by atoms with Gasteiger partial charge in [-0.15, -0.1) is 0 Å². The standard InChI is InChI=1S/C18H16N4O/c23-18-21-20-17(14-16-10-5-2-6-11-16)22(18)19-13-7-12-15-8-3-1-4-9-15/h1-13H,14H2,(H,21,23)/b12-7+,19-13+. The second-order valence-corrected chi connectivity index (χ2v) is 4.95. The summed E-state index contributed by atoms with van der Waals surface area (Å²) in [7, 11) is 0. The normalized spacial score (nSPS) is 11.5. The summed E-state index contributed by atoms with van der Waals surface area (Å²) < 4.78 is 1.28. The van der Waals surface area contributed by atoms with Gasteiger partial charge in [-0.25, -0.2) is 9.89 Å². The van der Waals surface area contributed by atoms with Crippen molar-refractivity contribution in [1.29, 1.82) is 0 Å². The van der Waals surface area contributed by atoms with E-state index in [0.29, 0.717) is 12.2 Å². The van der Waals surface area contributed by atoms with E-state index < -0.39 is 0 Å². The maximum Gasteiger partial charge on any atom is 0.364 e. The van der Waals surface area contributed by atoms with E-state index >= 15 is 0 Å². The third-order valence-corrected chi connectivity index (χ3v) is 3.28. The Kier molecular flexibility index (Phi) is 4.59. The van der Waals surface area contributed by atoms with Crippen molar-refractivity contribution >= 4 is 12.3 Å². The Bertz CT molecular complexity index is 861. The number of H-pyrrole nitrogens is 1. The van der Waals surface area contributed by atoms with Gasteiger partial charge in [0.15, 0.2) is 5.82 Å². The molecule has 0 fully saturated rings. The number of aromatic amines is 1. The van der Waals surface area contributed by atoms with Crippen LogP contribution in [0.25, 0.3) is 6.08 Å². The molecule has 0 saturated carbocycles. The lowest BCUT2D eigenvalue weighted by Crippen LogP contribution is -2.14. The van der Waals surface area contributed by atoms with Crippen LogP contribution in [0.15, 0.2) is 76.6 Å². The van der Waals surface area contributed by atoms with Crippen LogP contribution in [0.5, 0.6) is 0 Å². The van der Waals surface area contributed by atoms with E-state index in [1.165, 1.54) is 4.68 Å². The minimum absolute atomic E-state index is 0.347. The van der Waals surface area contributed by atoms with E-state index in [9.17, 15) is 4.79 Å². The number of hydrogen-bond acceptors (Lipinski definition) is 3. The Morgan fingerprint density at radius 1 is 1.04 bits per heavy atom. The SMILES string of the molecule is O=c1[nH]nc(Cc2ccccc2)n1/N=C/C=C/c1ccccc1. The van der Waals surface area contributed by atoms with E-state index in [0.717, 1.165) is 11.1 Å². The summed E-state index contributed by atoms with van der Waals surface area (Å²) in [4.78, 5) is 11.8. The molecule has 1 heterocycles. The van der Waals surface area contributed by atoms with Gasteiger partial charge in [0.05, 0.1) is 0 Å². The molecule has 114 valence electrons. The highest BCUT2D eigenvalue weighted by molar-refractivity contribution is 5.78. The molecule has 3 rings (SSSR count). The van der Waals surface area contributed by atoms with Gasteiger partial charge in [0.1, 0.15) is 0 Å². The molecule has 5 heteroatoms. The third kappa shape index (κ3) is 3.91. The molecule has 3 aromatic rings. The van der Waals surface area contributed by atoms with Crippen LogP contribution in [-0.4, -0.2) is 21.1 Å². The Labute approximate surface area is 133 Å². The minimum Gasteiger partial charge on any atom is -0.244 e. The van der Waals surface area contributed by atoms with E-state index in [1.807, 2.05) is 66.7 Å². The Balaban J connectivity index is 1.75. The lowest BCUT2D eigenvalue weighted by molar-refractivity contribution is 0.776. The van der Waals surface area contributed by atoms with Crippen LogP contribution in [0.2, 0.25) is 0 Å². The van der Waals surface area contributed by atoms with Crippen molar-refractivity contribution in [3.63, 3.8) is 0 Å². The molecule has 0 aliphatic heterocycles. The predicted molar refractivity (Wildman–Crippen MR) is 91.5 cm³/mol. The van der Waals surface area contributed by atoms with Gasteiger partial charge in [0, 0.05) is 12.6 Å². The van der Waals surface area contributed by atoms with E-state index in [1.54, 1.807) is 12.3 Å². The van der Waals surface area contributed by atoms with Gasteiger partial charge in [0.25, 0.3) is 0 Å². The van der Waals surface area contributed by atoms with Crippen LogP contribution in [0.3, 0.4) is 0 Å². The summed E-state index contributed by atoms with van der Waals surface area (Å²) in [5.41, 5.74) is 1.80. The fraction of sp³-hybridized carbons (Fsp3) is 0.0556. The van der Waals surface area contributed by atoms with Crippen molar-refractivity contribution in [2.45, 2.75) is 6.42 Å². The van der Waals surface area contributed by atoms with Crippen LogP contribution in [0.4, 0.5) is 0 Å². The average molecular weight is 304 g/mol. The van der Waals surface area contributed by atoms with Crippen molar-refractivity contribution in [2.24, 2.45) is 5.10 Å². The molecular formula is C18H16N4O. The van der Waals surface area contributed by atoms with Gasteiger partial charge in [0.2, 0.25) is 0 Å². The molecule has 0 radical (unpaired) electrons. The first-order valence-electron chi connectivity index (χ1n) is 7.29. The second-order valence-electron chi connectivity index (χ2n) is 4.95. The zero-order valence-corrected chi connectivity index (χ0v) is 12.5. The first-order chi connectivity index (χ1) is 11.3. The number of aromatic nitrogens is 3. The predicted octanol–water partition coefficient (Wildman–Crippen LogP) is 2.71. The first-order valence-corrected chi connectivity index (χ1v) is 7.29. The number of rotatable bonds is 5. The molecule has 1 aromatic heterocycles. The first kappa shape index (κ1) is 14.7. The molecule has 0 atom stereocenters. The maximum atomic E-state index is 11.8. The highest BCUT2D eigenvalue weighted by Gasteiger charge is 2.07. The monoisotopic (exact) mass is 304 g/mol. The van der Waals surface area contributed by atoms with Gasteiger partial charge in [-0.1, -0.05) is 66.7 Å². The molecule has 0 saturated heterocycles. The van der Waals surface area contributed by atoms with Gasteiger partial charge < -0.3 is 0 Å². The number of allylic oxidation sites excluding steroid dienone is 1. The van der Waals surface area contributed by atoms with Crippen LogP contribution >= 0.6 is 0 Å².